The molecule has 0 saturated heterocycles. The minimum absolute atomic E-state index is 0.0173. The molecule has 2 atom stereocenters. The molecule has 10 nitrogen and oxygen atoms in total. The number of H-pyrrole nitrogens is 1. The Bertz CT molecular complexity index is 2010. The van der Waals surface area contributed by atoms with Gasteiger partial charge in [-0.05, 0) is 47.0 Å². The monoisotopic (exact) mass is 640 g/mol. The Hall–Kier alpha value is -5.36. The number of ketones is 1. The summed E-state index contributed by atoms with van der Waals surface area (Å²) >= 11 is 0. The third-order valence-electron chi connectivity index (χ3n) is 8.04. The second-order valence-electron chi connectivity index (χ2n) is 11.1. The number of sulfone groups is 1. The molecule has 0 radical (unpaired) electrons. The van der Waals surface area contributed by atoms with Gasteiger partial charge in [-0.3, -0.25) is 24.1 Å². The predicted molar refractivity (Wildman–Crippen MR) is 168 cm³/mol. The van der Waals surface area contributed by atoms with Crippen molar-refractivity contribution in [2.45, 2.75) is 30.0 Å². The molecule has 12 heteroatoms. The fraction of sp³-hybridized carbons (Fsp3) is 0.176. The number of carbonyl (C=O) groups excluding carboxylic acids is 3. The molecule has 0 aliphatic carbocycles. The van der Waals surface area contributed by atoms with Crippen LogP contribution in [0.2, 0.25) is 0 Å². The molecule has 0 saturated carbocycles. The van der Waals surface area contributed by atoms with E-state index in [4.69, 9.17) is 0 Å². The van der Waals surface area contributed by atoms with Crippen LogP contribution in [-0.4, -0.2) is 53.9 Å². The first-order valence-corrected chi connectivity index (χ1v) is 16.2. The lowest BCUT2D eigenvalue weighted by Gasteiger charge is -2.30. The lowest BCUT2D eigenvalue weighted by molar-refractivity contribution is -0.133. The lowest BCUT2D eigenvalue weighted by Crippen LogP contribution is -2.53. The molecule has 2 aliphatic rings. The van der Waals surface area contributed by atoms with Crippen molar-refractivity contribution in [1.82, 2.24) is 20.5 Å². The SMILES string of the molecule is O=C1CNC2=C1N(C(=O)C(Cc1ccc(F)cc1)NC(=O)c1ccc(-c3ccccc3)cc1)C(S(=O)(=O)Cc1ccc[nH]c1=O)C2. The summed E-state index contributed by atoms with van der Waals surface area (Å²) in [4.78, 5) is 56.6. The van der Waals surface area contributed by atoms with Crippen molar-refractivity contribution >= 4 is 27.4 Å². The molecule has 4 aromatic rings. The number of hydrogen-bond acceptors (Lipinski definition) is 7. The number of Topliss-reactive ketones (excluding diaryl/α,β-unsaturated/α-hetero) is 1. The van der Waals surface area contributed by atoms with E-state index in [1.807, 2.05) is 30.3 Å². The number of aromatic nitrogens is 1. The molecule has 2 aliphatic heterocycles. The number of benzene rings is 3. The highest BCUT2D eigenvalue weighted by atomic mass is 32.2. The fourth-order valence-corrected chi connectivity index (χ4v) is 7.52. The van der Waals surface area contributed by atoms with Crippen molar-refractivity contribution < 1.29 is 27.2 Å². The third-order valence-corrected chi connectivity index (χ3v) is 9.96. The molecular weight excluding hydrogens is 611 g/mol. The maximum Gasteiger partial charge on any atom is 0.252 e. The largest absolute Gasteiger partial charge is 0.379 e. The summed E-state index contributed by atoms with van der Waals surface area (Å²) in [5.41, 5.74) is 2.21. The van der Waals surface area contributed by atoms with Gasteiger partial charge in [0.25, 0.3) is 17.4 Å². The highest BCUT2D eigenvalue weighted by Crippen LogP contribution is 2.36. The van der Waals surface area contributed by atoms with Crippen molar-refractivity contribution in [2.75, 3.05) is 6.54 Å². The van der Waals surface area contributed by atoms with Gasteiger partial charge in [0.2, 0.25) is 0 Å². The zero-order chi connectivity index (χ0) is 32.4. The number of nitrogens with one attached hydrogen (secondary N) is 3. The average molecular weight is 641 g/mol. The second kappa shape index (κ2) is 12.6. The van der Waals surface area contributed by atoms with Gasteiger partial charge in [-0.15, -0.1) is 0 Å². The Balaban J connectivity index is 1.33. The molecule has 1 aromatic heterocycles. The highest BCUT2D eigenvalue weighted by Gasteiger charge is 2.49. The molecule has 0 bridgehead atoms. The number of pyridine rings is 1. The third kappa shape index (κ3) is 6.24. The number of aromatic amines is 1. The van der Waals surface area contributed by atoms with Crippen LogP contribution in [0.1, 0.15) is 27.9 Å². The van der Waals surface area contributed by atoms with Crippen LogP contribution in [-0.2, 0) is 31.6 Å². The van der Waals surface area contributed by atoms with Crippen LogP contribution in [0, 0.1) is 5.82 Å². The van der Waals surface area contributed by atoms with Crippen LogP contribution in [0.4, 0.5) is 4.39 Å². The van der Waals surface area contributed by atoms with Crippen LogP contribution in [0.15, 0.2) is 113 Å². The summed E-state index contributed by atoms with van der Waals surface area (Å²) in [5, 5.41) is 4.11. The van der Waals surface area contributed by atoms with Crippen molar-refractivity contribution in [1.29, 1.82) is 0 Å². The van der Waals surface area contributed by atoms with Gasteiger partial charge in [0.1, 0.15) is 22.9 Å². The van der Waals surface area contributed by atoms with E-state index in [0.717, 1.165) is 16.0 Å². The molecular formula is C34H29FN4O6S. The first-order chi connectivity index (χ1) is 22.1. The molecule has 0 fully saturated rings. The van der Waals surface area contributed by atoms with E-state index in [2.05, 4.69) is 15.6 Å². The lowest BCUT2D eigenvalue weighted by atomic mass is 10.0. The van der Waals surface area contributed by atoms with Gasteiger partial charge < -0.3 is 15.6 Å². The summed E-state index contributed by atoms with van der Waals surface area (Å²) in [6, 6.07) is 23.2. The molecule has 0 spiro atoms. The summed E-state index contributed by atoms with van der Waals surface area (Å²) in [7, 11) is -4.23. The Morgan fingerprint density at radius 1 is 0.913 bits per heavy atom. The van der Waals surface area contributed by atoms with Crippen molar-refractivity contribution in [3.63, 3.8) is 0 Å². The summed E-state index contributed by atoms with van der Waals surface area (Å²) in [6.07, 6.45) is 1.08. The summed E-state index contributed by atoms with van der Waals surface area (Å²) in [6.45, 7) is -0.109. The quantitative estimate of drug-likeness (QED) is 0.255. The van der Waals surface area contributed by atoms with Crippen LogP contribution < -0.4 is 16.2 Å². The molecule has 234 valence electrons. The van der Waals surface area contributed by atoms with E-state index < -0.39 is 56.0 Å². The van der Waals surface area contributed by atoms with Crippen LogP contribution in [0.25, 0.3) is 11.1 Å². The van der Waals surface area contributed by atoms with E-state index in [1.165, 1.54) is 42.6 Å². The first-order valence-electron chi connectivity index (χ1n) is 14.5. The van der Waals surface area contributed by atoms with Gasteiger partial charge in [0, 0.05) is 35.9 Å². The fourth-order valence-electron chi connectivity index (χ4n) is 5.71. The molecule has 3 N–H and O–H groups in total. The predicted octanol–water partition coefficient (Wildman–Crippen LogP) is 3.08. The number of rotatable bonds is 9. The first kappa shape index (κ1) is 30.7. The van der Waals surface area contributed by atoms with Crippen LogP contribution in [0.5, 0.6) is 0 Å². The van der Waals surface area contributed by atoms with Gasteiger partial charge in [0.05, 0.1) is 12.3 Å². The highest BCUT2D eigenvalue weighted by molar-refractivity contribution is 7.91. The topological polar surface area (TPSA) is 146 Å². The maximum atomic E-state index is 14.4. The minimum Gasteiger partial charge on any atom is -0.379 e. The Morgan fingerprint density at radius 2 is 1.61 bits per heavy atom. The second-order valence-corrected chi connectivity index (χ2v) is 13.3. The Kier molecular flexibility index (Phi) is 8.37. The standard InChI is InChI=1S/C34H29FN4O6S/c35-26-14-8-21(9-15-26)17-28(38-33(42)24-12-10-23(11-13-24)22-5-2-1-3-6-22)34(43)39-30(18-27-31(39)29(40)19-37-27)46(44,45)20-25-7-4-16-36-32(25)41/h1-16,28,30,37H,17-20H2,(H,36,41)(H,38,42). The van der Waals surface area contributed by atoms with E-state index >= 15 is 0 Å². The summed E-state index contributed by atoms with van der Waals surface area (Å²) in [5.74, 6) is -3.05. The molecule has 3 aromatic carbocycles. The Morgan fingerprint density at radius 3 is 2.30 bits per heavy atom. The van der Waals surface area contributed by atoms with Crippen molar-refractivity contribution in [2.24, 2.45) is 0 Å². The molecule has 3 heterocycles. The van der Waals surface area contributed by atoms with Gasteiger partial charge in [-0.2, -0.15) is 0 Å². The van der Waals surface area contributed by atoms with Gasteiger partial charge in [-0.25, -0.2) is 12.8 Å². The maximum absolute atomic E-state index is 14.4. The normalized spacial score (nSPS) is 16.6. The number of hydrogen-bond donors (Lipinski definition) is 3. The number of amides is 2. The van der Waals surface area contributed by atoms with Crippen molar-refractivity contribution in [3.8, 4) is 11.1 Å². The number of halogens is 1. The van der Waals surface area contributed by atoms with E-state index in [0.29, 0.717) is 11.3 Å². The van der Waals surface area contributed by atoms with E-state index in [9.17, 15) is 32.0 Å². The smallest absolute Gasteiger partial charge is 0.252 e. The average Bonchev–Trinajstić information content (AvgIpc) is 3.63. The zero-order valence-electron chi connectivity index (χ0n) is 24.4. The van der Waals surface area contributed by atoms with Crippen LogP contribution >= 0.6 is 0 Å². The zero-order valence-corrected chi connectivity index (χ0v) is 25.2. The van der Waals surface area contributed by atoms with Gasteiger partial charge in [0.15, 0.2) is 15.6 Å². The molecule has 2 amide bonds. The minimum atomic E-state index is -4.23. The van der Waals surface area contributed by atoms with E-state index in [1.54, 1.807) is 24.3 Å². The Labute approximate surface area is 263 Å². The number of nitrogens with zero attached hydrogens (tertiary/aromatic N) is 1. The van der Waals surface area contributed by atoms with Gasteiger partial charge >= 0.3 is 0 Å². The van der Waals surface area contributed by atoms with E-state index in [-0.39, 0.29) is 36.2 Å². The number of carbonyl (C=O) groups is 3. The molecule has 46 heavy (non-hydrogen) atoms. The molecule has 6 rings (SSSR count). The van der Waals surface area contributed by atoms with Crippen molar-refractivity contribution in [3.05, 3.63) is 141 Å². The van der Waals surface area contributed by atoms with Crippen LogP contribution in [0.3, 0.4) is 0 Å². The summed E-state index contributed by atoms with van der Waals surface area (Å²) < 4.78 is 41.3. The van der Waals surface area contributed by atoms with Gasteiger partial charge in [-0.1, -0.05) is 60.7 Å². The molecule has 2 unspecified atom stereocenters.